The summed E-state index contributed by atoms with van der Waals surface area (Å²) in [5, 5.41) is 1.74. The predicted octanol–water partition coefficient (Wildman–Crippen LogP) is 5.08. The molecule has 2 aromatic rings. The van der Waals surface area contributed by atoms with Gasteiger partial charge in [-0.2, -0.15) is 0 Å². The molecule has 124 valence electrons. The second kappa shape index (κ2) is 6.61. The van der Waals surface area contributed by atoms with Crippen LogP contribution in [0.5, 0.6) is 0 Å². The van der Waals surface area contributed by atoms with Crippen LogP contribution in [0.2, 0.25) is 5.02 Å². The van der Waals surface area contributed by atoms with Gasteiger partial charge in [0.05, 0.1) is 15.2 Å². The van der Waals surface area contributed by atoms with E-state index >= 15 is 0 Å². The van der Waals surface area contributed by atoms with Crippen LogP contribution in [0, 0.1) is 0 Å². The fourth-order valence-electron chi connectivity index (χ4n) is 2.93. The normalized spacial score (nSPS) is 15.8. The lowest BCUT2D eigenvalue weighted by atomic mass is 9.84. The minimum Gasteiger partial charge on any atom is -0.289 e. The van der Waals surface area contributed by atoms with Gasteiger partial charge in [-0.05, 0) is 58.2 Å². The molecule has 24 heavy (non-hydrogen) atoms. The number of carbonyl (C=O) groups excluding carboxylic acids is 2. The first-order valence-corrected chi connectivity index (χ1v) is 9.09. The predicted molar refractivity (Wildman–Crippen MR) is 98.7 cm³/mol. The number of Topliss-reactive ketones (excluding diaryl/α,β-unsaturated/α-hetero) is 2. The van der Waals surface area contributed by atoms with Crippen LogP contribution in [0.15, 0.2) is 40.5 Å². The summed E-state index contributed by atoms with van der Waals surface area (Å²) in [7, 11) is 0. The second-order valence-electron chi connectivity index (χ2n) is 6.09. The van der Waals surface area contributed by atoms with Gasteiger partial charge < -0.3 is 0 Å². The smallest absolute Gasteiger partial charge is 0.185 e. The van der Waals surface area contributed by atoms with E-state index in [1.807, 2.05) is 18.2 Å². The number of rotatable bonds is 4. The lowest BCUT2D eigenvalue weighted by Crippen LogP contribution is -2.20. The molecule has 0 amide bonds. The number of allylic oxidation sites excluding steroid dienone is 4. The van der Waals surface area contributed by atoms with E-state index in [1.54, 1.807) is 32.1 Å². The first-order chi connectivity index (χ1) is 11.4. The van der Waals surface area contributed by atoms with Gasteiger partial charge in [0.15, 0.2) is 11.6 Å². The summed E-state index contributed by atoms with van der Waals surface area (Å²) in [6, 6.07) is 5.68. The Labute approximate surface area is 150 Å². The average Bonchev–Trinajstić information content (AvgIpc) is 2.96. The number of thiazole rings is 1. The second-order valence-corrected chi connectivity index (χ2v) is 7.64. The highest BCUT2D eigenvalue weighted by atomic mass is 35.5. The first kappa shape index (κ1) is 17.1. The number of carbonyl (C=O) groups is 2. The number of aryl methyl sites for hydroxylation is 1. The lowest BCUT2D eigenvalue weighted by molar-refractivity contribution is -0.116. The molecule has 0 radical (unpaired) electrons. The quantitative estimate of drug-likeness (QED) is 0.715. The van der Waals surface area contributed by atoms with Gasteiger partial charge in [-0.1, -0.05) is 11.6 Å². The van der Waals surface area contributed by atoms with Crippen LogP contribution >= 0.6 is 22.9 Å². The van der Waals surface area contributed by atoms with Crippen LogP contribution < -0.4 is 0 Å². The maximum Gasteiger partial charge on any atom is 0.185 e. The summed E-state index contributed by atoms with van der Waals surface area (Å²) < 4.78 is 1.08. The molecular formula is C19H18ClNO2S. The van der Waals surface area contributed by atoms with Crippen LogP contribution in [-0.2, 0) is 16.0 Å². The molecular weight excluding hydrogens is 342 g/mol. The van der Waals surface area contributed by atoms with Crippen molar-refractivity contribution >= 4 is 44.7 Å². The van der Waals surface area contributed by atoms with Crippen molar-refractivity contribution in [2.45, 2.75) is 40.0 Å². The van der Waals surface area contributed by atoms with E-state index in [0.717, 1.165) is 28.1 Å². The largest absolute Gasteiger partial charge is 0.289 e. The number of halogens is 1. The van der Waals surface area contributed by atoms with E-state index in [9.17, 15) is 9.59 Å². The fourth-order valence-corrected chi connectivity index (χ4v) is 4.21. The SMILES string of the molecule is CC1=C(C)C(=O)C(CCCc2nc3ccc(Cl)cc3s2)=C(C)C1=O. The number of aromatic nitrogens is 1. The van der Waals surface area contributed by atoms with Gasteiger partial charge in [-0.15, -0.1) is 11.3 Å². The summed E-state index contributed by atoms with van der Waals surface area (Å²) in [6.45, 7) is 5.21. The minimum absolute atomic E-state index is 0.00303. The molecule has 3 rings (SSSR count). The summed E-state index contributed by atoms with van der Waals surface area (Å²) in [5.41, 5.74) is 3.36. The molecule has 1 aliphatic rings. The number of fused-ring (bicyclic) bond motifs is 1. The molecule has 5 heteroatoms. The fraction of sp³-hybridized carbons (Fsp3) is 0.316. The Morgan fingerprint density at radius 3 is 2.46 bits per heavy atom. The van der Waals surface area contributed by atoms with Crippen molar-refractivity contribution in [2.24, 2.45) is 0 Å². The molecule has 0 fully saturated rings. The highest BCUT2D eigenvalue weighted by Gasteiger charge is 2.27. The zero-order valence-corrected chi connectivity index (χ0v) is 15.5. The maximum absolute atomic E-state index is 12.4. The van der Waals surface area contributed by atoms with E-state index in [4.69, 9.17) is 11.6 Å². The molecule has 0 N–H and O–H groups in total. The summed E-state index contributed by atoms with van der Waals surface area (Å²) in [6.07, 6.45) is 2.19. The minimum atomic E-state index is -0.00303. The molecule has 0 spiro atoms. The van der Waals surface area contributed by atoms with Gasteiger partial charge in [0.1, 0.15) is 0 Å². The molecule has 3 nitrogen and oxygen atoms in total. The standard InChI is InChI=1S/C19H18ClNO2S/c1-10-11(2)19(23)14(12(3)18(10)22)5-4-6-17-21-15-8-7-13(20)9-16(15)24-17/h7-9H,4-6H2,1-3H3. The number of nitrogens with zero attached hydrogens (tertiary/aromatic N) is 1. The van der Waals surface area contributed by atoms with Crippen LogP contribution in [-0.4, -0.2) is 16.6 Å². The van der Waals surface area contributed by atoms with Gasteiger partial charge >= 0.3 is 0 Å². The summed E-state index contributed by atoms with van der Waals surface area (Å²) >= 11 is 7.63. The van der Waals surface area contributed by atoms with Crippen molar-refractivity contribution in [2.75, 3.05) is 0 Å². The molecule has 0 unspecified atom stereocenters. The first-order valence-electron chi connectivity index (χ1n) is 7.90. The Balaban J connectivity index is 1.71. The molecule has 1 aromatic carbocycles. The molecule has 0 atom stereocenters. The van der Waals surface area contributed by atoms with E-state index < -0.39 is 0 Å². The van der Waals surface area contributed by atoms with Crippen molar-refractivity contribution in [3.8, 4) is 0 Å². The van der Waals surface area contributed by atoms with Crippen molar-refractivity contribution in [1.29, 1.82) is 0 Å². The Bertz CT molecular complexity index is 921. The van der Waals surface area contributed by atoms with Gasteiger partial charge in [0, 0.05) is 27.3 Å². The van der Waals surface area contributed by atoms with Crippen LogP contribution in [0.25, 0.3) is 10.2 Å². The molecule has 0 aliphatic heterocycles. The van der Waals surface area contributed by atoms with E-state index in [2.05, 4.69) is 4.98 Å². The Hall–Kier alpha value is -1.78. The van der Waals surface area contributed by atoms with E-state index in [0.29, 0.717) is 33.7 Å². The van der Waals surface area contributed by atoms with Crippen molar-refractivity contribution in [1.82, 2.24) is 4.98 Å². The Kier molecular flexibility index (Phi) is 4.70. The van der Waals surface area contributed by atoms with E-state index in [-0.39, 0.29) is 11.6 Å². The van der Waals surface area contributed by atoms with Crippen LogP contribution in [0.1, 0.15) is 38.6 Å². The number of hydrogen-bond donors (Lipinski definition) is 0. The topological polar surface area (TPSA) is 47.0 Å². The lowest BCUT2D eigenvalue weighted by Gasteiger charge is -2.18. The number of benzene rings is 1. The monoisotopic (exact) mass is 359 g/mol. The highest BCUT2D eigenvalue weighted by molar-refractivity contribution is 7.18. The summed E-state index contributed by atoms with van der Waals surface area (Å²) in [4.78, 5) is 29.2. The molecule has 1 aromatic heterocycles. The van der Waals surface area contributed by atoms with Crippen molar-refractivity contribution in [3.63, 3.8) is 0 Å². The zero-order valence-electron chi connectivity index (χ0n) is 13.9. The van der Waals surface area contributed by atoms with Gasteiger partial charge in [0.2, 0.25) is 0 Å². The van der Waals surface area contributed by atoms with E-state index in [1.165, 1.54) is 0 Å². The third-order valence-corrected chi connectivity index (χ3v) is 5.84. The van der Waals surface area contributed by atoms with Crippen molar-refractivity contribution < 1.29 is 9.59 Å². The molecule has 0 bridgehead atoms. The van der Waals surface area contributed by atoms with Crippen LogP contribution in [0.4, 0.5) is 0 Å². The zero-order chi connectivity index (χ0) is 17.4. The molecule has 1 heterocycles. The third-order valence-electron chi connectivity index (χ3n) is 4.52. The molecule has 1 aliphatic carbocycles. The van der Waals surface area contributed by atoms with Gasteiger partial charge in [-0.3, -0.25) is 9.59 Å². The Morgan fingerprint density at radius 1 is 1.00 bits per heavy atom. The Morgan fingerprint density at radius 2 is 1.71 bits per heavy atom. The summed E-state index contributed by atoms with van der Waals surface area (Å²) in [5.74, 6) is 0.0115. The average molecular weight is 360 g/mol. The van der Waals surface area contributed by atoms with Crippen LogP contribution in [0.3, 0.4) is 0 Å². The molecule has 0 saturated heterocycles. The van der Waals surface area contributed by atoms with Gasteiger partial charge in [0.25, 0.3) is 0 Å². The number of ketones is 2. The van der Waals surface area contributed by atoms with Gasteiger partial charge in [-0.25, -0.2) is 4.98 Å². The number of hydrogen-bond acceptors (Lipinski definition) is 4. The third kappa shape index (κ3) is 3.08. The maximum atomic E-state index is 12.4. The van der Waals surface area contributed by atoms with Crippen molar-refractivity contribution in [3.05, 3.63) is 50.5 Å². The molecule has 0 saturated carbocycles. The highest BCUT2D eigenvalue weighted by Crippen LogP contribution is 2.29.